The maximum Gasteiger partial charge on any atom is 0.306 e. The lowest BCUT2D eigenvalue weighted by Gasteiger charge is -2.05. The molecule has 0 aliphatic heterocycles. The number of esters is 1. The van der Waals surface area contributed by atoms with Gasteiger partial charge < -0.3 is 4.74 Å². The molecule has 0 radical (unpaired) electrons. The minimum Gasteiger partial charge on any atom is -0.461 e. The Bertz CT molecular complexity index is 195. The molecule has 2 heteroatoms. The van der Waals surface area contributed by atoms with Crippen LogP contribution in [0.25, 0.3) is 0 Å². The summed E-state index contributed by atoms with van der Waals surface area (Å²) in [5.41, 5.74) is 0.892. The third kappa shape index (κ3) is 11.1. The van der Waals surface area contributed by atoms with Gasteiger partial charge in [-0.15, -0.1) is 0 Å². The molecule has 0 fully saturated rings. The fraction of sp³-hybridized carbons (Fsp3) is 0.769. The van der Waals surface area contributed by atoms with Crippen molar-refractivity contribution in [3.05, 3.63) is 12.2 Å². The van der Waals surface area contributed by atoms with Crippen molar-refractivity contribution in [3.8, 4) is 0 Å². The van der Waals surface area contributed by atoms with Crippen LogP contribution in [-0.4, -0.2) is 12.6 Å². The van der Waals surface area contributed by atoms with Crippen LogP contribution in [0.4, 0.5) is 0 Å². The lowest BCUT2D eigenvalue weighted by Crippen LogP contribution is -2.05. The van der Waals surface area contributed by atoms with E-state index in [0.717, 1.165) is 24.3 Å². The summed E-state index contributed by atoms with van der Waals surface area (Å²) in [4.78, 5) is 11.2. The van der Waals surface area contributed by atoms with E-state index in [1.807, 2.05) is 6.92 Å². The molecule has 0 unspecified atom stereocenters. The molecule has 0 heterocycles. The predicted molar refractivity (Wildman–Crippen MR) is 63.7 cm³/mol. The topological polar surface area (TPSA) is 26.3 Å². The molecule has 0 rings (SSSR count). The van der Waals surface area contributed by atoms with E-state index < -0.39 is 0 Å². The Labute approximate surface area is 93.7 Å². The molecule has 15 heavy (non-hydrogen) atoms. The monoisotopic (exact) mass is 212 g/mol. The molecule has 0 aromatic rings. The summed E-state index contributed by atoms with van der Waals surface area (Å²) in [5, 5.41) is 0. The molecule has 0 bridgehead atoms. The van der Waals surface area contributed by atoms with E-state index in [2.05, 4.69) is 20.4 Å². The van der Waals surface area contributed by atoms with E-state index >= 15 is 0 Å². The normalized spacial score (nSPS) is 10.4. The number of carbonyl (C=O) groups excluding carboxylic acids is 1. The molecule has 0 spiro atoms. The molecular weight excluding hydrogens is 188 g/mol. The zero-order valence-corrected chi connectivity index (χ0v) is 10.3. The van der Waals surface area contributed by atoms with Crippen molar-refractivity contribution in [2.24, 2.45) is 5.92 Å². The van der Waals surface area contributed by atoms with Gasteiger partial charge in [-0.2, -0.15) is 0 Å². The molecule has 0 aromatic heterocycles. The Hall–Kier alpha value is -0.790. The second kappa shape index (κ2) is 8.51. The fourth-order valence-electron chi connectivity index (χ4n) is 1.27. The van der Waals surface area contributed by atoms with Crippen LogP contribution in [0, 0.1) is 5.92 Å². The van der Waals surface area contributed by atoms with E-state index in [0.29, 0.717) is 13.0 Å². The zero-order valence-electron chi connectivity index (χ0n) is 10.3. The molecule has 0 aliphatic carbocycles. The minimum atomic E-state index is -0.0949. The molecule has 0 saturated carbocycles. The average molecular weight is 212 g/mol. The highest BCUT2D eigenvalue weighted by Gasteiger charge is 2.02. The van der Waals surface area contributed by atoms with Gasteiger partial charge in [0.2, 0.25) is 0 Å². The lowest BCUT2D eigenvalue weighted by molar-refractivity contribution is -0.142. The zero-order chi connectivity index (χ0) is 11.7. The molecule has 0 amide bonds. The van der Waals surface area contributed by atoms with Gasteiger partial charge in [-0.25, -0.2) is 0 Å². The van der Waals surface area contributed by atoms with E-state index in [1.165, 1.54) is 12.8 Å². The standard InChI is InChI=1S/C13H24O2/c1-11(2)8-6-5-7-9-13(14)15-10-12(3)4/h11H,3,5-10H2,1-2,4H3. The van der Waals surface area contributed by atoms with Gasteiger partial charge in [0.15, 0.2) is 0 Å². The number of hydrogen-bond acceptors (Lipinski definition) is 2. The summed E-state index contributed by atoms with van der Waals surface area (Å²) in [6.07, 6.45) is 5.08. The maximum absolute atomic E-state index is 11.2. The van der Waals surface area contributed by atoms with Gasteiger partial charge in [0.25, 0.3) is 0 Å². The summed E-state index contributed by atoms with van der Waals surface area (Å²) in [5.74, 6) is 0.669. The Kier molecular flexibility index (Phi) is 8.06. The first-order valence-corrected chi connectivity index (χ1v) is 5.82. The first-order valence-electron chi connectivity index (χ1n) is 5.82. The van der Waals surface area contributed by atoms with Gasteiger partial charge in [0.1, 0.15) is 6.61 Å². The predicted octanol–water partition coefficient (Wildman–Crippen LogP) is 3.71. The molecule has 2 nitrogen and oxygen atoms in total. The maximum atomic E-state index is 11.2. The highest BCUT2D eigenvalue weighted by atomic mass is 16.5. The summed E-state index contributed by atoms with van der Waals surface area (Å²) in [6.45, 7) is 10.3. The minimum absolute atomic E-state index is 0.0949. The van der Waals surface area contributed by atoms with Crippen molar-refractivity contribution in [2.75, 3.05) is 6.61 Å². The van der Waals surface area contributed by atoms with Crippen molar-refractivity contribution in [3.63, 3.8) is 0 Å². The van der Waals surface area contributed by atoms with Crippen molar-refractivity contribution < 1.29 is 9.53 Å². The Morgan fingerprint density at radius 3 is 2.47 bits per heavy atom. The quantitative estimate of drug-likeness (QED) is 0.348. The van der Waals surface area contributed by atoms with Crippen molar-refractivity contribution >= 4 is 5.97 Å². The summed E-state index contributed by atoms with van der Waals surface area (Å²) in [7, 11) is 0. The van der Waals surface area contributed by atoms with Crippen LogP contribution in [-0.2, 0) is 9.53 Å². The third-order valence-electron chi connectivity index (χ3n) is 2.14. The number of carbonyl (C=O) groups is 1. The van der Waals surface area contributed by atoms with Gasteiger partial charge in [-0.3, -0.25) is 4.79 Å². The van der Waals surface area contributed by atoms with Crippen LogP contribution < -0.4 is 0 Å². The summed E-state index contributed by atoms with van der Waals surface area (Å²) >= 11 is 0. The fourth-order valence-corrected chi connectivity index (χ4v) is 1.27. The Balaban J connectivity index is 3.28. The molecule has 0 atom stereocenters. The van der Waals surface area contributed by atoms with Crippen LogP contribution in [0.2, 0.25) is 0 Å². The Morgan fingerprint density at radius 1 is 1.27 bits per heavy atom. The number of hydrogen-bond donors (Lipinski definition) is 0. The van der Waals surface area contributed by atoms with Crippen LogP contribution in [0.5, 0.6) is 0 Å². The molecule has 0 saturated heterocycles. The highest BCUT2D eigenvalue weighted by Crippen LogP contribution is 2.09. The van der Waals surface area contributed by atoms with Crippen molar-refractivity contribution in [1.82, 2.24) is 0 Å². The first kappa shape index (κ1) is 14.2. The Morgan fingerprint density at radius 2 is 1.93 bits per heavy atom. The van der Waals surface area contributed by atoms with Crippen molar-refractivity contribution in [1.29, 1.82) is 0 Å². The smallest absolute Gasteiger partial charge is 0.306 e. The largest absolute Gasteiger partial charge is 0.461 e. The van der Waals surface area contributed by atoms with E-state index in [1.54, 1.807) is 0 Å². The van der Waals surface area contributed by atoms with E-state index in [9.17, 15) is 4.79 Å². The number of rotatable bonds is 8. The summed E-state index contributed by atoms with van der Waals surface area (Å²) < 4.78 is 4.99. The van der Waals surface area contributed by atoms with Gasteiger partial charge >= 0.3 is 5.97 Å². The molecule has 88 valence electrons. The SMILES string of the molecule is C=C(C)COC(=O)CCCCCC(C)C. The van der Waals surface area contributed by atoms with Crippen LogP contribution in [0.3, 0.4) is 0 Å². The van der Waals surface area contributed by atoms with Crippen molar-refractivity contribution in [2.45, 2.75) is 52.9 Å². The lowest BCUT2D eigenvalue weighted by atomic mass is 10.0. The number of ether oxygens (including phenoxy) is 1. The van der Waals surface area contributed by atoms with Gasteiger partial charge in [0.05, 0.1) is 0 Å². The third-order valence-corrected chi connectivity index (χ3v) is 2.14. The molecular formula is C13H24O2. The second-order valence-electron chi connectivity index (χ2n) is 4.61. The van der Waals surface area contributed by atoms with Crippen LogP contribution >= 0.6 is 0 Å². The van der Waals surface area contributed by atoms with E-state index in [4.69, 9.17) is 4.74 Å². The average Bonchev–Trinajstić information content (AvgIpc) is 2.13. The van der Waals surface area contributed by atoms with Crippen LogP contribution in [0.15, 0.2) is 12.2 Å². The van der Waals surface area contributed by atoms with Gasteiger partial charge in [-0.1, -0.05) is 39.7 Å². The highest BCUT2D eigenvalue weighted by molar-refractivity contribution is 5.69. The summed E-state index contributed by atoms with van der Waals surface area (Å²) in [6, 6.07) is 0. The first-order chi connectivity index (χ1) is 7.02. The van der Waals surface area contributed by atoms with Gasteiger partial charge in [0, 0.05) is 6.42 Å². The molecule has 0 N–H and O–H groups in total. The molecule has 0 aliphatic rings. The second-order valence-corrected chi connectivity index (χ2v) is 4.61. The molecule has 0 aromatic carbocycles. The number of unbranched alkanes of at least 4 members (excludes halogenated alkanes) is 2. The van der Waals surface area contributed by atoms with Gasteiger partial charge in [-0.05, 0) is 24.8 Å². The van der Waals surface area contributed by atoms with Crippen LogP contribution in [0.1, 0.15) is 52.9 Å². The van der Waals surface area contributed by atoms with E-state index in [-0.39, 0.29) is 5.97 Å².